The molecule has 1 N–H and O–H groups in total. The largest absolute Gasteiger partial charge is 0.493 e. The van der Waals surface area contributed by atoms with Gasteiger partial charge in [-0.15, -0.1) is 0 Å². The van der Waals surface area contributed by atoms with Crippen LogP contribution in [0.25, 0.3) is 0 Å². The van der Waals surface area contributed by atoms with Gasteiger partial charge in [0, 0.05) is 6.54 Å². The lowest BCUT2D eigenvalue weighted by Gasteiger charge is -2.13. The molecule has 0 unspecified atom stereocenters. The summed E-state index contributed by atoms with van der Waals surface area (Å²) in [5.41, 5.74) is 1.17. The molecule has 0 spiro atoms. The molecule has 1 aromatic rings. The fourth-order valence-corrected chi connectivity index (χ4v) is 2.12. The lowest BCUT2D eigenvalue weighted by atomic mass is 10.2. The lowest BCUT2D eigenvalue weighted by molar-refractivity contribution is 0.324. The normalized spacial score (nSPS) is 10.9. The minimum absolute atomic E-state index is 0.540. The number of nitrogens with one attached hydrogen (secondary N) is 1. The van der Waals surface area contributed by atoms with Crippen LogP contribution in [0.3, 0.4) is 0 Å². The Kier molecular flexibility index (Phi) is 6.83. The first-order chi connectivity index (χ1) is 8.72. The molecule has 1 aromatic carbocycles. The highest BCUT2D eigenvalue weighted by Gasteiger charge is 2.11. The Morgan fingerprint density at radius 3 is 2.78 bits per heavy atom. The molecule has 0 saturated carbocycles. The maximum Gasteiger partial charge on any atom is 0.175 e. The van der Waals surface area contributed by atoms with Crippen molar-refractivity contribution in [1.29, 1.82) is 0 Å². The van der Waals surface area contributed by atoms with Gasteiger partial charge in [0.1, 0.15) is 6.61 Å². The van der Waals surface area contributed by atoms with Crippen molar-refractivity contribution in [1.82, 2.24) is 5.32 Å². The van der Waals surface area contributed by atoms with E-state index in [4.69, 9.17) is 9.47 Å². The summed E-state index contributed by atoms with van der Waals surface area (Å²) in [7, 11) is 1.65. The minimum atomic E-state index is 0.540. The van der Waals surface area contributed by atoms with E-state index in [-0.39, 0.29) is 0 Å². The average Bonchev–Trinajstić information content (AvgIpc) is 2.38. The number of allylic oxidation sites excluding steroid dienone is 1. The van der Waals surface area contributed by atoms with E-state index in [2.05, 4.69) is 34.2 Å². The Labute approximate surface area is 117 Å². The summed E-state index contributed by atoms with van der Waals surface area (Å²) >= 11 is 3.53. The van der Waals surface area contributed by atoms with E-state index in [1.54, 1.807) is 7.11 Å². The van der Waals surface area contributed by atoms with E-state index in [1.807, 2.05) is 25.1 Å². The van der Waals surface area contributed by atoms with Gasteiger partial charge >= 0.3 is 0 Å². The van der Waals surface area contributed by atoms with Crippen molar-refractivity contribution in [2.24, 2.45) is 0 Å². The third kappa shape index (κ3) is 4.35. The predicted molar refractivity (Wildman–Crippen MR) is 78.4 cm³/mol. The van der Waals surface area contributed by atoms with Gasteiger partial charge in [-0.3, -0.25) is 0 Å². The van der Waals surface area contributed by atoms with Crippen molar-refractivity contribution in [2.75, 3.05) is 20.3 Å². The second-order valence-electron chi connectivity index (χ2n) is 3.77. The van der Waals surface area contributed by atoms with E-state index in [0.717, 1.165) is 29.1 Å². The van der Waals surface area contributed by atoms with Crippen LogP contribution < -0.4 is 14.8 Å². The molecule has 0 fully saturated rings. The third-order valence-corrected chi connectivity index (χ3v) is 3.02. The standard InChI is InChI=1S/C14H20BrNO2/c1-4-6-7-18-14-12(15)8-11(10-16-5-2)9-13(14)17-3/h4,6,8-9,16H,5,7,10H2,1-3H3/b6-4+. The molecular formula is C14H20BrNO2. The van der Waals surface area contributed by atoms with E-state index in [0.29, 0.717) is 6.61 Å². The molecule has 0 aliphatic heterocycles. The first kappa shape index (κ1) is 15.1. The van der Waals surface area contributed by atoms with Crippen molar-refractivity contribution < 1.29 is 9.47 Å². The van der Waals surface area contributed by atoms with Crippen LogP contribution in [0, 0.1) is 0 Å². The van der Waals surface area contributed by atoms with Crippen molar-refractivity contribution in [3.05, 3.63) is 34.3 Å². The number of ether oxygens (including phenoxy) is 2. The zero-order chi connectivity index (χ0) is 13.4. The number of rotatable bonds is 7. The third-order valence-electron chi connectivity index (χ3n) is 2.43. The number of halogens is 1. The van der Waals surface area contributed by atoms with Gasteiger partial charge in [-0.2, -0.15) is 0 Å². The number of benzene rings is 1. The van der Waals surface area contributed by atoms with E-state index in [9.17, 15) is 0 Å². The fourth-order valence-electron chi connectivity index (χ4n) is 1.51. The minimum Gasteiger partial charge on any atom is -0.493 e. The number of hydrogen-bond acceptors (Lipinski definition) is 3. The van der Waals surface area contributed by atoms with E-state index < -0.39 is 0 Å². The highest BCUT2D eigenvalue weighted by molar-refractivity contribution is 9.10. The zero-order valence-corrected chi connectivity index (χ0v) is 12.7. The molecule has 0 radical (unpaired) electrons. The van der Waals surface area contributed by atoms with Crippen LogP contribution in [0.2, 0.25) is 0 Å². The zero-order valence-electron chi connectivity index (χ0n) is 11.1. The second-order valence-corrected chi connectivity index (χ2v) is 4.62. The molecule has 100 valence electrons. The smallest absolute Gasteiger partial charge is 0.175 e. The summed E-state index contributed by atoms with van der Waals surface area (Å²) in [6.45, 7) is 6.36. The molecule has 0 aromatic heterocycles. The van der Waals surface area contributed by atoms with Crippen LogP contribution >= 0.6 is 15.9 Å². The van der Waals surface area contributed by atoms with Gasteiger partial charge in [0.25, 0.3) is 0 Å². The molecule has 0 aliphatic rings. The topological polar surface area (TPSA) is 30.5 Å². The molecule has 0 heterocycles. The molecule has 0 saturated heterocycles. The highest BCUT2D eigenvalue weighted by Crippen LogP contribution is 2.36. The Balaban J connectivity index is 2.89. The Morgan fingerprint density at radius 1 is 1.39 bits per heavy atom. The molecule has 18 heavy (non-hydrogen) atoms. The number of methoxy groups -OCH3 is 1. The van der Waals surface area contributed by atoms with E-state index >= 15 is 0 Å². The van der Waals surface area contributed by atoms with Crippen molar-refractivity contribution >= 4 is 15.9 Å². The molecular weight excluding hydrogens is 294 g/mol. The molecule has 0 bridgehead atoms. The van der Waals surface area contributed by atoms with Crippen LogP contribution in [-0.2, 0) is 6.54 Å². The van der Waals surface area contributed by atoms with Gasteiger partial charge in [-0.1, -0.05) is 19.1 Å². The van der Waals surface area contributed by atoms with Crippen LogP contribution in [0.4, 0.5) is 0 Å². The molecule has 0 atom stereocenters. The number of hydrogen-bond donors (Lipinski definition) is 1. The summed E-state index contributed by atoms with van der Waals surface area (Å²) in [5, 5.41) is 3.29. The Hall–Kier alpha value is -1.00. The quantitative estimate of drug-likeness (QED) is 0.781. The maximum atomic E-state index is 5.68. The SMILES string of the molecule is C/C=C/COc1c(Br)cc(CNCC)cc1OC. The van der Waals surface area contributed by atoms with Crippen molar-refractivity contribution in [3.63, 3.8) is 0 Å². The van der Waals surface area contributed by atoms with Gasteiger partial charge in [-0.05, 0) is 47.1 Å². The van der Waals surface area contributed by atoms with E-state index in [1.165, 1.54) is 5.56 Å². The Morgan fingerprint density at radius 2 is 2.17 bits per heavy atom. The van der Waals surface area contributed by atoms with Crippen LogP contribution in [-0.4, -0.2) is 20.3 Å². The lowest BCUT2D eigenvalue weighted by Crippen LogP contribution is -2.12. The summed E-state index contributed by atoms with van der Waals surface area (Å²) in [6, 6.07) is 4.05. The van der Waals surface area contributed by atoms with Gasteiger partial charge in [0.15, 0.2) is 11.5 Å². The predicted octanol–water partition coefficient (Wildman–Crippen LogP) is 3.52. The molecule has 0 aliphatic carbocycles. The fraction of sp³-hybridized carbons (Fsp3) is 0.429. The monoisotopic (exact) mass is 313 g/mol. The van der Waals surface area contributed by atoms with Crippen LogP contribution in [0.1, 0.15) is 19.4 Å². The summed E-state index contributed by atoms with van der Waals surface area (Å²) < 4.78 is 12.0. The summed E-state index contributed by atoms with van der Waals surface area (Å²) in [6.07, 6.45) is 3.92. The Bertz CT molecular complexity index is 405. The molecule has 1 rings (SSSR count). The molecule has 3 nitrogen and oxygen atoms in total. The van der Waals surface area contributed by atoms with Crippen LogP contribution in [0.5, 0.6) is 11.5 Å². The van der Waals surface area contributed by atoms with Gasteiger partial charge in [0.2, 0.25) is 0 Å². The first-order valence-electron chi connectivity index (χ1n) is 6.04. The van der Waals surface area contributed by atoms with Crippen molar-refractivity contribution in [3.8, 4) is 11.5 Å². The maximum absolute atomic E-state index is 5.68. The highest BCUT2D eigenvalue weighted by atomic mass is 79.9. The summed E-state index contributed by atoms with van der Waals surface area (Å²) in [4.78, 5) is 0. The molecule has 4 heteroatoms. The van der Waals surface area contributed by atoms with Crippen molar-refractivity contribution in [2.45, 2.75) is 20.4 Å². The molecule has 0 amide bonds. The van der Waals surface area contributed by atoms with Gasteiger partial charge in [-0.25, -0.2) is 0 Å². The second kappa shape index (κ2) is 8.16. The van der Waals surface area contributed by atoms with Gasteiger partial charge in [0.05, 0.1) is 11.6 Å². The summed E-state index contributed by atoms with van der Waals surface area (Å²) in [5.74, 6) is 1.50. The van der Waals surface area contributed by atoms with Gasteiger partial charge < -0.3 is 14.8 Å². The first-order valence-corrected chi connectivity index (χ1v) is 6.83. The van der Waals surface area contributed by atoms with Crippen LogP contribution in [0.15, 0.2) is 28.8 Å². The average molecular weight is 314 g/mol.